The summed E-state index contributed by atoms with van der Waals surface area (Å²) in [7, 11) is 0. The number of amides is 1. The highest BCUT2D eigenvalue weighted by atomic mass is 16.5. The SMILES string of the molecule is CCCNC(=O)c1cn2c(cc1=O)-c1cc(O)c(OCc3ccccc3)cc1CC2CC. The summed E-state index contributed by atoms with van der Waals surface area (Å²) in [5.74, 6) is 0.104. The number of aromatic nitrogens is 1. The Hall–Kier alpha value is -3.54. The first-order valence-corrected chi connectivity index (χ1v) is 11.1. The third kappa shape index (κ3) is 4.26. The molecule has 166 valence electrons. The second kappa shape index (κ2) is 9.30. The smallest absolute Gasteiger partial charge is 0.256 e. The lowest BCUT2D eigenvalue weighted by molar-refractivity contribution is 0.0951. The molecule has 2 aromatic carbocycles. The van der Waals surface area contributed by atoms with Crippen LogP contribution in [0, 0.1) is 0 Å². The van der Waals surface area contributed by atoms with Gasteiger partial charge in [0.05, 0.1) is 5.69 Å². The van der Waals surface area contributed by atoms with E-state index in [1.54, 1.807) is 12.3 Å². The van der Waals surface area contributed by atoms with Crippen LogP contribution in [0.3, 0.4) is 0 Å². The second-order valence-electron chi connectivity index (χ2n) is 8.12. The number of rotatable bonds is 7. The summed E-state index contributed by atoms with van der Waals surface area (Å²) in [4.78, 5) is 25.2. The lowest BCUT2D eigenvalue weighted by atomic mass is 9.90. The van der Waals surface area contributed by atoms with E-state index in [2.05, 4.69) is 12.2 Å². The third-order valence-electron chi connectivity index (χ3n) is 5.88. The summed E-state index contributed by atoms with van der Waals surface area (Å²) in [5, 5.41) is 13.4. The van der Waals surface area contributed by atoms with E-state index in [-0.39, 0.29) is 28.7 Å². The van der Waals surface area contributed by atoms with E-state index < -0.39 is 0 Å². The van der Waals surface area contributed by atoms with E-state index in [0.29, 0.717) is 24.6 Å². The second-order valence-corrected chi connectivity index (χ2v) is 8.12. The molecule has 0 saturated carbocycles. The molecule has 1 aliphatic heterocycles. The van der Waals surface area contributed by atoms with Gasteiger partial charge in [-0.25, -0.2) is 0 Å². The van der Waals surface area contributed by atoms with Crippen LogP contribution in [0.2, 0.25) is 0 Å². The minimum absolute atomic E-state index is 0.0263. The molecule has 6 nitrogen and oxygen atoms in total. The van der Waals surface area contributed by atoms with Gasteiger partial charge in [-0.15, -0.1) is 0 Å². The number of nitrogens with zero attached hydrogens (tertiary/aromatic N) is 1. The summed E-state index contributed by atoms with van der Waals surface area (Å²) < 4.78 is 7.88. The highest BCUT2D eigenvalue weighted by Crippen LogP contribution is 2.41. The van der Waals surface area contributed by atoms with Crippen molar-refractivity contribution in [1.29, 1.82) is 0 Å². The summed E-state index contributed by atoms with van der Waals surface area (Å²) >= 11 is 0. The lowest BCUT2D eigenvalue weighted by Crippen LogP contribution is -2.31. The Morgan fingerprint density at radius 2 is 1.97 bits per heavy atom. The van der Waals surface area contributed by atoms with Crippen molar-refractivity contribution in [2.45, 2.75) is 45.8 Å². The van der Waals surface area contributed by atoms with Crippen molar-refractivity contribution in [3.63, 3.8) is 0 Å². The zero-order valence-electron chi connectivity index (χ0n) is 18.4. The van der Waals surface area contributed by atoms with Crippen LogP contribution in [0.4, 0.5) is 0 Å². The van der Waals surface area contributed by atoms with Crippen molar-refractivity contribution in [2.24, 2.45) is 0 Å². The summed E-state index contributed by atoms with van der Waals surface area (Å²) in [6, 6.07) is 14.9. The molecule has 0 saturated heterocycles. The molecule has 3 aromatic rings. The van der Waals surface area contributed by atoms with Crippen molar-refractivity contribution in [3.8, 4) is 22.8 Å². The van der Waals surface area contributed by atoms with E-state index >= 15 is 0 Å². The molecule has 1 aliphatic rings. The maximum atomic E-state index is 12.8. The summed E-state index contributed by atoms with van der Waals surface area (Å²) in [5.41, 5.74) is 3.35. The summed E-state index contributed by atoms with van der Waals surface area (Å²) in [6.45, 7) is 4.94. The zero-order chi connectivity index (χ0) is 22.7. The molecule has 0 fully saturated rings. The van der Waals surface area contributed by atoms with Crippen molar-refractivity contribution in [2.75, 3.05) is 6.54 Å². The number of pyridine rings is 1. The quantitative estimate of drug-likeness (QED) is 0.578. The summed E-state index contributed by atoms with van der Waals surface area (Å²) in [6.07, 6.45) is 4.03. The number of phenols is 1. The fourth-order valence-electron chi connectivity index (χ4n) is 4.13. The van der Waals surface area contributed by atoms with Crippen molar-refractivity contribution in [3.05, 3.63) is 81.6 Å². The number of aromatic hydroxyl groups is 1. The molecule has 0 aliphatic carbocycles. The van der Waals surface area contributed by atoms with Gasteiger partial charge in [0, 0.05) is 30.4 Å². The maximum absolute atomic E-state index is 12.8. The lowest BCUT2D eigenvalue weighted by Gasteiger charge is -2.31. The molecule has 32 heavy (non-hydrogen) atoms. The van der Waals surface area contributed by atoms with Crippen LogP contribution >= 0.6 is 0 Å². The maximum Gasteiger partial charge on any atom is 0.256 e. The first-order chi connectivity index (χ1) is 15.5. The number of phenolic OH excluding ortho intramolecular Hbond substituents is 1. The highest BCUT2D eigenvalue weighted by Gasteiger charge is 2.26. The van der Waals surface area contributed by atoms with Crippen LogP contribution in [-0.2, 0) is 13.0 Å². The Kier molecular flexibility index (Phi) is 6.30. The van der Waals surface area contributed by atoms with Crippen molar-refractivity contribution in [1.82, 2.24) is 9.88 Å². The van der Waals surface area contributed by atoms with Gasteiger partial charge in [0.2, 0.25) is 0 Å². The largest absolute Gasteiger partial charge is 0.504 e. The Bertz CT molecular complexity index is 1180. The van der Waals surface area contributed by atoms with Crippen molar-refractivity contribution >= 4 is 5.91 Å². The van der Waals surface area contributed by atoms with Crippen LogP contribution in [-0.4, -0.2) is 22.1 Å². The van der Waals surface area contributed by atoms with Gasteiger partial charge in [-0.3, -0.25) is 9.59 Å². The van der Waals surface area contributed by atoms with Gasteiger partial charge in [-0.2, -0.15) is 0 Å². The third-order valence-corrected chi connectivity index (χ3v) is 5.88. The molecule has 2 N–H and O–H groups in total. The standard InChI is InChI=1S/C26H28N2O4/c1-3-10-27-26(31)21-15-28-19(4-2)11-18-12-25(32-16-17-8-6-5-7-9-17)24(30)13-20(18)22(28)14-23(21)29/h5-9,12-15,19,30H,3-4,10-11,16H2,1-2H3,(H,27,31). The Labute approximate surface area is 187 Å². The average Bonchev–Trinajstić information content (AvgIpc) is 2.81. The van der Waals surface area contributed by atoms with Gasteiger partial charge >= 0.3 is 0 Å². The first-order valence-electron chi connectivity index (χ1n) is 11.1. The number of hydrogen-bond acceptors (Lipinski definition) is 4. The van der Waals surface area contributed by atoms with Gasteiger partial charge < -0.3 is 19.7 Å². The molecule has 6 heteroatoms. The number of carbonyl (C=O) groups excluding carboxylic acids is 1. The first kappa shape index (κ1) is 21.7. The average molecular weight is 433 g/mol. The zero-order valence-corrected chi connectivity index (χ0v) is 18.4. The minimum Gasteiger partial charge on any atom is -0.504 e. The molecular weight excluding hydrogens is 404 g/mol. The van der Waals surface area contributed by atoms with E-state index in [0.717, 1.165) is 36.0 Å². The molecule has 0 spiro atoms. The topological polar surface area (TPSA) is 80.6 Å². The number of hydrogen-bond donors (Lipinski definition) is 2. The monoisotopic (exact) mass is 432 g/mol. The molecule has 4 rings (SSSR count). The molecular formula is C26H28N2O4. The minimum atomic E-state index is -0.347. The van der Waals surface area contributed by atoms with Gasteiger partial charge in [0.15, 0.2) is 16.9 Å². The fraction of sp³-hybridized carbons (Fsp3) is 0.308. The van der Waals surface area contributed by atoms with Gasteiger partial charge in [-0.1, -0.05) is 44.2 Å². The molecule has 1 aromatic heterocycles. The predicted octanol–water partition coefficient (Wildman–Crippen LogP) is 4.45. The van der Waals surface area contributed by atoms with Gasteiger partial charge in [0.25, 0.3) is 5.91 Å². The van der Waals surface area contributed by atoms with Crippen LogP contribution in [0.5, 0.6) is 11.5 Å². The van der Waals surface area contributed by atoms with E-state index in [9.17, 15) is 14.7 Å². The van der Waals surface area contributed by atoms with Crippen LogP contribution < -0.4 is 15.5 Å². The number of ether oxygens (including phenoxy) is 1. The van der Waals surface area contributed by atoms with Gasteiger partial charge in [0.1, 0.15) is 12.2 Å². The molecule has 1 unspecified atom stereocenters. The Morgan fingerprint density at radius 3 is 2.69 bits per heavy atom. The number of nitrogens with one attached hydrogen (secondary N) is 1. The van der Waals surface area contributed by atoms with E-state index in [1.807, 2.05) is 47.9 Å². The molecule has 0 bridgehead atoms. The number of carbonyl (C=O) groups is 1. The van der Waals surface area contributed by atoms with E-state index in [1.165, 1.54) is 6.07 Å². The normalized spacial score (nSPS) is 14.4. The highest BCUT2D eigenvalue weighted by molar-refractivity contribution is 5.94. The molecule has 1 amide bonds. The molecule has 2 heterocycles. The molecule has 0 radical (unpaired) electrons. The van der Waals surface area contributed by atoms with Crippen molar-refractivity contribution < 1.29 is 14.6 Å². The van der Waals surface area contributed by atoms with Gasteiger partial charge in [-0.05, 0) is 42.5 Å². The number of fused-ring (bicyclic) bond motifs is 3. The fourth-order valence-corrected chi connectivity index (χ4v) is 4.13. The Morgan fingerprint density at radius 1 is 1.19 bits per heavy atom. The molecule has 1 atom stereocenters. The van der Waals surface area contributed by atoms with Crippen LogP contribution in [0.15, 0.2) is 59.5 Å². The van der Waals surface area contributed by atoms with Crippen LogP contribution in [0.1, 0.15) is 54.2 Å². The van der Waals surface area contributed by atoms with E-state index in [4.69, 9.17) is 4.74 Å². The van der Waals surface area contributed by atoms with Crippen LogP contribution in [0.25, 0.3) is 11.3 Å². The Balaban J connectivity index is 1.70. The number of benzene rings is 2. The predicted molar refractivity (Wildman–Crippen MR) is 124 cm³/mol.